The van der Waals surface area contributed by atoms with E-state index >= 15 is 0 Å². The number of hydrogen-bond acceptors (Lipinski definition) is 3. The number of benzene rings is 1. The maximum absolute atomic E-state index is 9.35. The second-order valence-corrected chi connectivity index (χ2v) is 6.23. The molecule has 0 saturated carbocycles. The number of aliphatic hydroxyl groups is 1. The van der Waals surface area contributed by atoms with E-state index in [-0.39, 0.29) is 12.7 Å². The Labute approximate surface area is 127 Å². The number of para-hydroxylation sites is 1. The smallest absolute Gasteiger partial charge is 0.131 e. The lowest BCUT2D eigenvalue weighted by atomic mass is 10.1. The van der Waals surface area contributed by atoms with E-state index in [4.69, 9.17) is 4.74 Å². The van der Waals surface area contributed by atoms with E-state index in [1.165, 1.54) is 44.3 Å². The Morgan fingerprint density at radius 2 is 1.75 bits per heavy atom. The first-order chi connectivity index (χ1) is 9.86. The molecular formula is C17H28O2S. The van der Waals surface area contributed by atoms with Crippen LogP contribution in [0.3, 0.4) is 0 Å². The molecule has 1 N–H and O–H groups in total. The van der Waals surface area contributed by atoms with E-state index in [1.807, 2.05) is 42.1 Å². The van der Waals surface area contributed by atoms with Crippen molar-refractivity contribution in [1.29, 1.82) is 0 Å². The summed E-state index contributed by atoms with van der Waals surface area (Å²) < 4.78 is 5.75. The normalized spacial score (nSPS) is 12.3. The Morgan fingerprint density at radius 3 is 2.45 bits per heavy atom. The van der Waals surface area contributed by atoms with Crippen LogP contribution in [-0.2, 0) is 0 Å². The van der Waals surface area contributed by atoms with Crippen LogP contribution in [0.5, 0.6) is 5.75 Å². The van der Waals surface area contributed by atoms with Gasteiger partial charge in [0, 0.05) is 5.75 Å². The van der Waals surface area contributed by atoms with E-state index < -0.39 is 0 Å². The van der Waals surface area contributed by atoms with Gasteiger partial charge in [-0.15, -0.1) is 0 Å². The minimum Gasteiger partial charge on any atom is -0.487 e. The van der Waals surface area contributed by atoms with Gasteiger partial charge in [0.05, 0.1) is 6.61 Å². The minimum absolute atomic E-state index is 0.0817. The third kappa shape index (κ3) is 8.49. The molecule has 0 aliphatic rings. The Bertz CT molecular complexity index is 316. The Morgan fingerprint density at radius 1 is 1.05 bits per heavy atom. The van der Waals surface area contributed by atoms with Crippen molar-refractivity contribution in [3.05, 3.63) is 30.3 Å². The van der Waals surface area contributed by atoms with E-state index in [9.17, 15) is 5.11 Å². The fraction of sp³-hybridized carbons (Fsp3) is 0.647. The Kier molecular flexibility index (Phi) is 10.5. The summed E-state index contributed by atoms with van der Waals surface area (Å²) in [5.41, 5.74) is 0. The number of aliphatic hydroxyl groups excluding tert-OH is 1. The number of thioether (sulfide) groups is 1. The molecule has 0 fully saturated rings. The SMILES string of the molecule is CCCCCCCCSCC(CO)Oc1ccccc1. The highest BCUT2D eigenvalue weighted by Gasteiger charge is 2.08. The molecule has 0 aliphatic heterocycles. The van der Waals surface area contributed by atoms with E-state index in [2.05, 4.69) is 6.92 Å². The summed E-state index contributed by atoms with van der Waals surface area (Å²) in [5, 5.41) is 9.35. The molecule has 0 radical (unpaired) electrons. The van der Waals surface area contributed by atoms with Crippen molar-refractivity contribution in [2.24, 2.45) is 0 Å². The first kappa shape index (κ1) is 17.4. The van der Waals surface area contributed by atoms with Gasteiger partial charge in [-0.1, -0.05) is 57.2 Å². The largest absolute Gasteiger partial charge is 0.487 e. The molecular weight excluding hydrogens is 268 g/mol. The van der Waals surface area contributed by atoms with Gasteiger partial charge < -0.3 is 9.84 Å². The van der Waals surface area contributed by atoms with Crippen LogP contribution >= 0.6 is 11.8 Å². The summed E-state index contributed by atoms with van der Waals surface area (Å²) in [5.74, 6) is 2.87. The van der Waals surface area contributed by atoms with Crippen molar-refractivity contribution in [3.8, 4) is 5.75 Å². The molecule has 1 atom stereocenters. The number of ether oxygens (including phenoxy) is 1. The third-order valence-electron chi connectivity index (χ3n) is 3.20. The van der Waals surface area contributed by atoms with Gasteiger partial charge in [-0.25, -0.2) is 0 Å². The quantitative estimate of drug-likeness (QED) is 0.575. The summed E-state index contributed by atoms with van der Waals surface area (Å²) in [4.78, 5) is 0. The van der Waals surface area contributed by atoms with Crippen LogP contribution in [0.25, 0.3) is 0 Å². The first-order valence-electron chi connectivity index (χ1n) is 7.77. The van der Waals surface area contributed by atoms with Crippen LogP contribution in [0, 0.1) is 0 Å². The predicted molar refractivity (Wildman–Crippen MR) is 88.6 cm³/mol. The highest BCUT2D eigenvalue weighted by molar-refractivity contribution is 7.99. The number of unbranched alkanes of at least 4 members (excludes halogenated alkanes) is 5. The number of rotatable bonds is 12. The van der Waals surface area contributed by atoms with Crippen LogP contribution in [0.4, 0.5) is 0 Å². The maximum Gasteiger partial charge on any atom is 0.131 e. The van der Waals surface area contributed by atoms with Crippen molar-refractivity contribution in [3.63, 3.8) is 0 Å². The van der Waals surface area contributed by atoms with Gasteiger partial charge in [-0.05, 0) is 24.3 Å². The lowest BCUT2D eigenvalue weighted by Crippen LogP contribution is -2.24. The first-order valence-corrected chi connectivity index (χ1v) is 8.92. The molecule has 2 nitrogen and oxygen atoms in total. The zero-order valence-corrected chi connectivity index (χ0v) is 13.4. The summed E-state index contributed by atoms with van der Waals surface area (Å²) in [6.07, 6.45) is 7.92. The van der Waals surface area contributed by atoms with Crippen LogP contribution in [-0.4, -0.2) is 29.3 Å². The van der Waals surface area contributed by atoms with Gasteiger partial charge in [0.2, 0.25) is 0 Å². The molecule has 1 unspecified atom stereocenters. The van der Waals surface area contributed by atoms with E-state index in [0.717, 1.165) is 11.5 Å². The molecule has 0 spiro atoms. The molecule has 0 heterocycles. The maximum atomic E-state index is 9.35. The zero-order valence-electron chi connectivity index (χ0n) is 12.6. The molecule has 20 heavy (non-hydrogen) atoms. The highest BCUT2D eigenvalue weighted by atomic mass is 32.2. The Hall–Kier alpha value is -0.670. The van der Waals surface area contributed by atoms with Gasteiger partial charge in [-0.2, -0.15) is 11.8 Å². The standard InChI is InChI=1S/C17H28O2S/c1-2-3-4-5-6-10-13-20-15-17(14-18)19-16-11-8-7-9-12-16/h7-9,11-12,17-18H,2-6,10,13-15H2,1H3. The average Bonchev–Trinajstić information content (AvgIpc) is 2.49. The topological polar surface area (TPSA) is 29.5 Å². The van der Waals surface area contributed by atoms with Crippen molar-refractivity contribution in [2.45, 2.75) is 51.6 Å². The lowest BCUT2D eigenvalue weighted by molar-refractivity contribution is 0.133. The molecule has 114 valence electrons. The summed E-state index contributed by atoms with van der Waals surface area (Å²) in [7, 11) is 0. The van der Waals surface area contributed by atoms with Crippen molar-refractivity contribution < 1.29 is 9.84 Å². The van der Waals surface area contributed by atoms with Gasteiger partial charge >= 0.3 is 0 Å². The molecule has 0 bridgehead atoms. The predicted octanol–water partition coefficient (Wildman–Crippen LogP) is 4.52. The fourth-order valence-electron chi connectivity index (χ4n) is 2.01. The molecule has 0 amide bonds. The molecule has 0 aliphatic carbocycles. The van der Waals surface area contributed by atoms with Crippen LogP contribution < -0.4 is 4.74 Å². The lowest BCUT2D eigenvalue weighted by Gasteiger charge is -2.16. The molecule has 0 aromatic heterocycles. The molecule has 3 heteroatoms. The van der Waals surface area contributed by atoms with Crippen LogP contribution in [0.2, 0.25) is 0 Å². The minimum atomic E-state index is -0.0949. The summed E-state index contributed by atoms with van der Waals surface area (Å²) in [6.45, 7) is 2.33. The molecule has 1 rings (SSSR count). The monoisotopic (exact) mass is 296 g/mol. The second-order valence-electron chi connectivity index (χ2n) is 5.08. The van der Waals surface area contributed by atoms with E-state index in [0.29, 0.717) is 0 Å². The third-order valence-corrected chi connectivity index (χ3v) is 4.38. The molecule has 0 saturated heterocycles. The summed E-state index contributed by atoms with van der Waals surface area (Å²) in [6, 6.07) is 9.73. The number of hydrogen-bond donors (Lipinski definition) is 1. The molecule has 1 aromatic carbocycles. The zero-order chi connectivity index (χ0) is 14.5. The van der Waals surface area contributed by atoms with Crippen LogP contribution in [0.15, 0.2) is 30.3 Å². The van der Waals surface area contributed by atoms with Crippen LogP contribution in [0.1, 0.15) is 45.4 Å². The van der Waals surface area contributed by atoms with Crippen molar-refractivity contribution >= 4 is 11.8 Å². The van der Waals surface area contributed by atoms with Gasteiger partial charge in [0.25, 0.3) is 0 Å². The van der Waals surface area contributed by atoms with Gasteiger partial charge in [0.1, 0.15) is 11.9 Å². The average molecular weight is 296 g/mol. The van der Waals surface area contributed by atoms with E-state index in [1.54, 1.807) is 0 Å². The summed E-state index contributed by atoms with van der Waals surface area (Å²) >= 11 is 1.88. The van der Waals surface area contributed by atoms with Crippen molar-refractivity contribution in [1.82, 2.24) is 0 Å². The van der Waals surface area contributed by atoms with Gasteiger partial charge in [0.15, 0.2) is 0 Å². The van der Waals surface area contributed by atoms with Crippen molar-refractivity contribution in [2.75, 3.05) is 18.1 Å². The fourth-order valence-corrected chi connectivity index (χ4v) is 3.03. The van der Waals surface area contributed by atoms with Gasteiger partial charge in [-0.3, -0.25) is 0 Å². The highest BCUT2D eigenvalue weighted by Crippen LogP contribution is 2.15. The molecule has 1 aromatic rings. The Balaban J connectivity index is 2.04. The second kappa shape index (κ2) is 12.1.